The monoisotopic (exact) mass is 376 g/mol. The molecule has 0 spiro atoms. The molecule has 27 heavy (non-hydrogen) atoms. The molecule has 2 aromatic heterocycles. The smallest absolute Gasteiger partial charge is 0.328 e. The van der Waals surface area contributed by atoms with Gasteiger partial charge in [0.2, 0.25) is 5.91 Å². The lowest BCUT2D eigenvalue weighted by atomic mass is 10.0. The molecule has 1 unspecified atom stereocenters. The van der Waals surface area contributed by atoms with Gasteiger partial charge in [-0.25, -0.2) is 4.79 Å². The zero-order chi connectivity index (χ0) is 20.0. The maximum atomic E-state index is 12.3. The van der Waals surface area contributed by atoms with E-state index in [1.54, 1.807) is 4.52 Å². The van der Waals surface area contributed by atoms with Crippen LogP contribution in [-0.2, 0) is 20.7 Å². The standard InChI is InChI=1S/C18H28N6O3/c1-6-23(7-2)15-9-8-13-20-21-14(24(13)22-15)10-11-16(25)19-17(12(3)4)18(26)27-5/h8-9,12,17H,6-7,10-11H2,1-5H3,(H,19,25). The second-order valence-corrected chi connectivity index (χ2v) is 6.56. The molecule has 1 atom stereocenters. The summed E-state index contributed by atoms with van der Waals surface area (Å²) >= 11 is 0. The number of hydrogen-bond donors (Lipinski definition) is 1. The Morgan fingerprint density at radius 2 is 1.93 bits per heavy atom. The van der Waals surface area contributed by atoms with Crippen LogP contribution in [0.4, 0.5) is 5.82 Å². The molecule has 0 aliphatic heterocycles. The maximum absolute atomic E-state index is 12.3. The average molecular weight is 376 g/mol. The van der Waals surface area contributed by atoms with Crippen LogP contribution in [0.5, 0.6) is 0 Å². The molecule has 2 heterocycles. The number of carbonyl (C=O) groups excluding carboxylic acids is 2. The lowest BCUT2D eigenvalue weighted by Gasteiger charge is -2.20. The molecule has 9 nitrogen and oxygen atoms in total. The van der Waals surface area contributed by atoms with Crippen molar-refractivity contribution in [2.24, 2.45) is 5.92 Å². The first-order chi connectivity index (χ1) is 12.9. The molecule has 0 radical (unpaired) electrons. The predicted octanol–water partition coefficient (Wildman–Crippen LogP) is 1.22. The minimum absolute atomic E-state index is 0.0615. The second kappa shape index (κ2) is 9.29. The second-order valence-electron chi connectivity index (χ2n) is 6.56. The van der Waals surface area contributed by atoms with E-state index >= 15 is 0 Å². The highest BCUT2D eigenvalue weighted by Crippen LogP contribution is 2.13. The molecule has 0 aliphatic carbocycles. The van der Waals surface area contributed by atoms with E-state index < -0.39 is 12.0 Å². The number of esters is 1. The number of aromatic nitrogens is 4. The summed E-state index contributed by atoms with van der Waals surface area (Å²) in [5.41, 5.74) is 0.635. The van der Waals surface area contributed by atoms with Gasteiger partial charge in [-0.1, -0.05) is 13.8 Å². The van der Waals surface area contributed by atoms with Crippen molar-refractivity contribution in [2.45, 2.75) is 46.6 Å². The van der Waals surface area contributed by atoms with E-state index in [1.165, 1.54) is 7.11 Å². The molecule has 0 aromatic carbocycles. The Morgan fingerprint density at radius 1 is 1.22 bits per heavy atom. The van der Waals surface area contributed by atoms with Crippen molar-refractivity contribution in [3.63, 3.8) is 0 Å². The number of anilines is 1. The largest absolute Gasteiger partial charge is 0.467 e. The van der Waals surface area contributed by atoms with Gasteiger partial charge in [-0.05, 0) is 31.9 Å². The highest BCUT2D eigenvalue weighted by atomic mass is 16.5. The van der Waals surface area contributed by atoms with E-state index in [0.29, 0.717) is 17.9 Å². The molecule has 2 aromatic rings. The molecule has 0 saturated heterocycles. The third-order valence-electron chi connectivity index (χ3n) is 4.41. The Morgan fingerprint density at radius 3 is 2.52 bits per heavy atom. The van der Waals surface area contributed by atoms with Crippen LogP contribution in [0, 0.1) is 5.92 Å². The average Bonchev–Trinajstić information content (AvgIpc) is 3.07. The minimum atomic E-state index is -0.662. The van der Waals surface area contributed by atoms with Gasteiger partial charge in [0.25, 0.3) is 0 Å². The van der Waals surface area contributed by atoms with E-state index in [0.717, 1.165) is 18.9 Å². The predicted molar refractivity (Wildman–Crippen MR) is 101 cm³/mol. The Kier molecular flexibility index (Phi) is 7.09. The molecule has 0 fully saturated rings. The summed E-state index contributed by atoms with van der Waals surface area (Å²) in [7, 11) is 1.31. The molecular weight excluding hydrogens is 348 g/mol. The number of amides is 1. The number of hydrogen-bond acceptors (Lipinski definition) is 7. The fourth-order valence-corrected chi connectivity index (χ4v) is 2.79. The van der Waals surface area contributed by atoms with Gasteiger partial charge in [0.05, 0.1) is 7.11 Å². The lowest BCUT2D eigenvalue weighted by Crippen LogP contribution is -2.45. The molecule has 0 bridgehead atoms. The van der Waals surface area contributed by atoms with Crippen LogP contribution in [0.1, 0.15) is 39.9 Å². The fourth-order valence-electron chi connectivity index (χ4n) is 2.79. The zero-order valence-corrected chi connectivity index (χ0v) is 16.6. The summed E-state index contributed by atoms with van der Waals surface area (Å²) in [4.78, 5) is 26.2. The van der Waals surface area contributed by atoms with Gasteiger partial charge in [0.1, 0.15) is 11.9 Å². The molecule has 1 N–H and O–H groups in total. The van der Waals surface area contributed by atoms with Crippen molar-refractivity contribution in [1.82, 2.24) is 25.1 Å². The van der Waals surface area contributed by atoms with Crippen molar-refractivity contribution < 1.29 is 14.3 Å². The summed E-state index contributed by atoms with van der Waals surface area (Å²) in [6.07, 6.45) is 0.547. The normalized spacial score (nSPS) is 12.2. The van der Waals surface area contributed by atoms with Crippen LogP contribution < -0.4 is 10.2 Å². The van der Waals surface area contributed by atoms with Crippen molar-refractivity contribution in [1.29, 1.82) is 0 Å². The van der Waals surface area contributed by atoms with Crippen molar-refractivity contribution in [2.75, 3.05) is 25.1 Å². The van der Waals surface area contributed by atoms with E-state index in [4.69, 9.17) is 4.74 Å². The first-order valence-electron chi connectivity index (χ1n) is 9.24. The summed E-state index contributed by atoms with van der Waals surface area (Å²) in [6, 6.07) is 3.12. The Balaban J connectivity index is 2.08. The number of fused-ring (bicyclic) bond motifs is 1. The highest BCUT2D eigenvalue weighted by molar-refractivity contribution is 5.84. The summed E-state index contributed by atoms with van der Waals surface area (Å²) < 4.78 is 6.41. The number of aryl methyl sites for hydroxylation is 1. The Bertz CT molecular complexity index is 784. The molecule has 148 valence electrons. The lowest BCUT2D eigenvalue weighted by molar-refractivity contribution is -0.146. The van der Waals surface area contributed by atoms with Crippen LogP contribution >= 0.6 is 0 Å². The van der Waals surface area contributed by atoms with Gasteiger partial charge >= 0.3 is 5.97 Å². The van der Waals surface area contributed by atoms with Crippen LogP contribution in [0.3, 0.4) is 0 Å². The number of carbonyl (C=O) groups is 2. The molecule has 2 rings (SSSR count). The van der Waals surface area contributed by atoms with E-state index in [2.05, 4.69) is 39.4 Å². The Labute approximate surface area is 159 Å². The van der Waals surface area contributed by atoms with Crippen LogP contribution in [0.15, 0.2) is 12.1 Å². The Hall–Kier alpha value is -2.71. The van der Waals surface area contributed by atoms with Crippen molar-refractivity contribution in [3.8, 4) is 0 Å². The quantitative estimate of drug-likeness (QED) is 0.657. The molecular formula is C18H28N6O3. The van der Waals surface area contributed by atoms with Crippen LogP contribution in [0.2, 0.25) is 0 Å². The first kappa shape index (κ1) is 20.6. The van der Waals surface area contributed by atoms with Gasteiger partial charge in [-0.3, -0.25) is 4.79 Å². The van der Waals surface area contributed by atoms with Crippen LogP contribution in [-0.4, -0.2) is 57.9 Å². The molecule has 0 saturated carbocycles. The van der Waals surface area contributed by atoms with Crippen molar-refractivity contribution in [3.05, 3.63) is 18.0 Å². The fraction of sp³-hybridized carbons (Fsp3) is 0.611. The number of ether oxygens (including phenoxy) is 1. The number of rotatable bonds is 9. The first-order valence-corrected chi connectivity index (χ1v) is 9.24. The summed E-state index contributed by atoms with van der Waals surface area (Å²) in [6.45, 7) is 9.54. The molecule has 1 amide bonds. The van der Waals surface area contributed by atoms with E-state index in [9.17, 15) is 9.59 Å². The number of nitrogens with one attached hydrogen (secondary N) is 1. The van der Waals surface area contributed by atoms with E-state index in [1.807, 2.05) is 26.0 Å². The summed E-state index contributed by atoms with van der Waals surface area (Å²) in [5, 5.41) is 15.6. The number of nitrogens with zero attached hydrogens (tertiary/aromatic N) is 5. The van der Waals surface area contributed by atoms with Gasteiger partial charge in [-0.15, -0.1) is 15.3 Å². The molecule has 9 heteroatoms. The topological polar surface area (TPSA) is 102 Å². The van der Waals surface area contributed by atoms with Gasteiger partial charge in [0, 0.05) is 25.9 Å². The number of methoxy groups -OCH3 is 1. The van der Waals surface area contributed by atoms with E-state index in [-0.39, 0.29) is 18.2 Å². The molecule has 0 aliphatic rings. The zero-order valence-electron chi connectivity index (χ0n) is 16.6. The maximum Gasteiger partial charge on any atom is 0.328 e. The van der Waals surface area contributed by atoms with Gasteiger partial charge < -0.3 is 15.0 Å². The van der Waals surface area contributed by atoms with Gasteiger partial charge in [0.15, 0.2) is 11.5 Å². The van der Waals surface area contributed by atoms with Gasteiger partial charge in [-0.2, -0.15) is 4.52 Å². The van der Waals surface area contributed by atoms with Crippen molar-refractivity contribution >= 4 is 23.3 Å². The van der Waals surface area contributed by atoms with Crippen LogP contribution in [0.25, 0.3) is 5.65 Å². The highest BCUT2D eigenvalue weighted by Gasteiger charge is 2.25. The summed E-state index contributed by atoms with van der Waals surface area (Å²) in [5.74, 6) is 0.693. The SMILES string of the molecule is CCN(CC)c1ccc2nnc(CCC(=O)NC(C(=O)OC)C(C)C)n2n1. The minimum Gasteiger partial charge on any atom is -0.467 e. The third kappa shape index (κ3) is 4.93. The third-order valence-corrected chi connectivity index (χ3v) is 4.41.